The van der Waals surface area contributed by atoms with Gasteiger partial charge in [0.15, 0.2) is 5.03 Å². The summed E-state index contributed by atoms with van der Waals surface area (Å²) in [5.74, 6) is 0.707. The number of hydrogen-bond acceptors (Lipinski definition) is 3. The van der Waals surface area contributed by atoms with Crippen LogP contribution in [0.3, 0.4) is 0 Å². The SMILES string of the molecule is CCc1ncc(S(=O)(=O)NC2CCCCCCC2)[nH]1. The normalized spacial score (nSPS) is 19.0. The van der Waals surface area contributed by atoms with Gasteiger partial charge in [-0.2, -0.15) is 0 Å². The molecule has 1 fully saturated rings. The molecule has 19 heavy (non-hydrogen) atoms. The van der Waals surface area contributed by atoms with Crippen LogP contribution < -0.4 is 4.72 Å². The number of aromatic nitrogens is 2. The van der Waals surface area contributed by atoms with Crippen molar-refractivity contribution in [3.63, 3.8) is 0 Å². The quantitative estimate of drug-likeness (QED) is 0.891. The number of imidazole rings is 1. The van der Waals surface area contributed by atoms with Crippen LogP contribution in [-0.4, -0.2) is 24.4 Å². The zero-order valence-electron chi connectivity index (χ0n) is 11.5. The zero-order chi connectivity index (χ0) is 13.7. The minimum absolute atomic E-state index is 0.0682. The van der Waals surface area contributed by atoms with Crippen molar-refractivity contribution in [1.82, 2.24) is 14.7 Å². The lowest BCUT2D eigenvalue weighted by molar-refractivity contribution is 0.426. The van der Waals surface area contributed by atoms with Gasteiger partial charge in [-0.15, -0.1) is 0 Å². The number of H-pyrrole nitrogens is 1. The van der Waals surface area contributed by atoms with Crippen molar-refractivity contribution in [2.24, 2.45) is 0 Å². The molecule has 0 aromatic carbocycles. The molecule has 1 aliphatic carbocycles. The first kappa shape index (κ1) is 14.5. The second-order valence-electron chi connectivity index (χ2n) is 5.21. The maximum atomic E-state index is 12.2. The maximum absolute atomic E-state index is 12.2. The molecule has 0 aliphatic heterocycles. The molecule has 5 nitrogen and oxygen atoms in total. The fourth-order valence-electron chi connectivity index (χ4n) is 2.52. The lowest BCUT2D eigenvalue weighted by atomic mass is 9.97. The zero-order valence-corrected chi connectivity index (χ0v) is 12.3. The Hall–Kier alpha value is -0.880. The summed E-state index contributed by atoms with van der Waals surface area (Å²) in [4.78, 5) is 6.91. The Morgan fingerprint density at radius 3 is 2.47 bits per heavy atom. The van der Waals surface area contributed by atoms with E-state index in [4.69, 9.17) is 0 Å². The maximum Gasteiger partial charge on any atom is 0.257 e. The number of sulfonamides is 1. The van der Waals surface area contributed by atoms with E-state index in [1.165, 1.54) is 25.5 Å². The van der Waals surface area contributed by atoms with E-state index in [1.54, 1.807) is 0 Å². The van der Waals surface area contributed by atoms with E-state index in [0.717, 1.165) is 25.7 Å². The molecule has 2 rings (SSSR count). The number of rotatable bonds is 4. The highest BCUT2D eigenvalue weighted by Crippen LogP contribution is 2.19. The van der Waals surface area contributed by atoms with Gasteiger partial charge in [-0.05, 0) is 12.8 Å². The highest BCUT2D eigenvalue weighted by atomic mass is 32.2. The first-order valence-corrected chi connectivity index (χ1v) is 8.66. The van der Waals surface area contributed by atoms with E-state index >= 15 is 0 Å². The standard InChI is InChI=1S/C13H23N3O2S/c1-2-12-14-10-13(15-12)19(17,18)16-11-8-6-4-3-5-7-9-11/h10-11,16H,2-9H2,1H3,(H,14,15). The van der Waals surface area contributed by atoms with Gasteiger partial charge in [-0.3, -0.25) is 0 Å². The first-order valence-electron chi connectivity index (χ1n) is 7.18. The van der Waals surface area contributed by atoms with Gasteiger partial charge < -0.3 is 4.98 Å². The summed E-state index contributed by atoms with van der Waals surface area (Å²) >= 11 is 0. The third kappa shape index (κ3) is 4.04. The summed E-state index contributed by atoms with van der Waals surface area (Å²) in [5, 5.41) is 0.186. The number of nitrogens with zero attached hydrogens (tertiary/aromatic N) is 1. The van der Waals surface area contributed by atoms with E-state index in [9.17, 15) is 8.42 Å². The topological polar surface area (TPSA) is 74.8 Å². The van der Waals surface area contributed by atoms with E-state index in [2.05, 4.69) is 14.7 Å². The molecule has 1 aliphatic rings. The van der Waals surface area contributed by atoms with Gasteiger partial charge in [0.05, 0.1) is 6.20 Å². The molecule has 0 atom stereocenters. The van der Waals surface area contributed by atoms with Crippen molar-refractivity contribution in [3.8, 4) is 0 Å². The van der Waals surface area contributed by atoms with Gasteiger partial charge in [0.2, 0.25) is 0 Å². The first-order chi connectivity index (χ1) is 9.12. The van der Waals surface area contributed by atoms with Gasteiger partial charge in [0.25, 0.3) is 10.0 Å². The molecule has 1 aromatic heterocycles. The van der Waals surface area contributed by atoms with Crippen LogP contribution in [0.5, 0.6) is 0 Å². The van der Waals surface area contributed by atoms with Crippen molar-refractivity contribution in [3.05, 3.63) is 12.0 Å². The molecule has 0 spiro atoms. The van der Waals surface area contributed by atoms with Gasteiger partial charge in [0.1, 0.15) is 5.82 Å². The number of nitrogens with one attached hydrogen (secondary N) is 2. The van der Waals surface area contributed by atoms with Crippen molar-refractivity contribution in [1.29, 1.82) is 0 Å². The Kier molecular flexibility index (Phi) is 4.99. The minimum atomic E-state index is -3.45. The number of aromatic amines is 1. The Bertz CT molecular complexity index is 488. The van der Waals surface area contributed by atoms with Gasteiger partial charge in [-0.1, -0.05) is 39.0 Å². The molecule has 108 valence electrons. The van der Waals surface area contributed by atoms with Crippen LogP contribution in [0.1, 0.15) is 57.7 Å². The number of aryl methyl sites for hydroxylation is 1. The second-order valence-corrected chi connectivity index (χ2v) is 6.89. The predicted molar refractivity (Wildman–Crippen MR) is 74.4 cm³/mol. The smallest absolute Gasteiger partial charge is 0.257 e. The van der Waals surface area contributed by atoms with E-state index in [0.29, 0.717) is 12.2 Å². The Balaban J connectivity index is 2.02. The molecule has 6 heteroatoms. The molecule has 1 aromatic rings. The summed E-state index contributed by atoms with van der Waals surface area (Å²) in [7, 11) is -3.45. The average molecular weight is 285 g/mol. The predicted octanol–water partition coefficient (Wildman–Crippen LogP) is 2.36. The highest BCUT2D eigenvalue weighted by molar-refractivity contribution is 7.89. The van der Waals surface area contributed by atoms with E-state index in [1.807, 2.05) is 6.92 Å². The molecular weight excluding hydrogens is 262 g/mol. The van der Waals surface area contributed by atoms with E-state index in [-0.39, 0.29) is 11.1 Å². The summed E-state index contributed by atoms with van der Waals surface area (Å²) in [5.41, 5.74) is 0. The number of hydrogen-bond donors (Lipinski definition) is 2. The van der Waals surface area contributed by atoms with Crippen molar-refractivity contribution >= 4 is 10.0 Å². The van der Waals surface area contributed by atoms with Crippen molar-refractivity contribution < 1.29 is 8.42 Å². The Labute approximate surface area is 115 Å². The average Bonchev–Trinajstić information content (AvgIpc) is 2.82. The van der Waals surface area contributed by atoms with Crippen LogP contribution in [0.15, 0.2) is 11.2 Å². The van der Waals surface area contributed by atoms with Crippen LogP contribution >= 0.6 is 0 Å². The lowest BCUT2D eigenvalue weighted by Crippen LogP contribution is -2.35. The van der Waals surface area contributed by atoms with Crippen LogP contribution in [0.2, 0.25) is 0 Å². The third-order valence-corrected chi connectivity index (χ3v) is 5.09. The minimum Gasteiger partial charge on any atom is -0.332 e. The second kappa shape index (κ2) is 6.52. The monoisotopic (exact) mass is 285 g/mol. The van der Waals surface area contributed by atoms with Crippen molar-refractivity contribution in [2.45, 2.75) is 69.4 Å². The molecular formula is C13H23N3O2S. The molecule has 0 bridgehead atoms. The largest absolute Gasteiger partial charge is 0.332 e. The highest BCUT2D eigenvalue weighted by Gasteiger charge is 2.22. The van der Waals surface area contributed by atoms with E-state index < -0.39 is 10.0 Å². The lowest BCUT2D eigenvalue weighted by Gasteiger charge is -2.20. The van der Waals surface area contributed by atoms with Gasteiger partial charge in [-0.25, -0.2) is 18.1 Å². The summed E-state index contributed by atoms with van der Waals surface area (Å²) in [6, 6.07) is 0.0682. The third-order valence-electron chi connectivity index (χ3n) is 3.66. The van der Waals surface area contributed by atoms with Crippen LogP contribution in [0, 0.1) is 0 Å². The van der Waals surface area contributed by atoms with Crippen LogP contribution in [0.25, 0.3) is 0 Å². The Morgan fingerprint density at radius 2 is 1.89 bits per heavy atom. The fraction of sp³-hybridized carbons (Fsp3) is 0.769. The molecule has 0 radical (unpaired) electrons. The summed E-state index contributed by atoms with van der Waals surface area (Å²) in [6.07, 6.45) is 9.90. The summed E-state index contributed by atoms with van der Waals surface area (Å²) in [6.45, 7) is 1.94. The molecule has 2 N–H and O–H groups in total. The van der Waals surface area contributed by atoms with Crippen LogP contribution in [-0.2, 0) is 16.4 Å². The van der Waals surface area contributed by atoms with Gasteiger partial charge >= 0.3 is 0 Å². The van der Waals surface area contributed by atoms with Gasteiger partial charge in [0, 0.05) is 12.5 Å². The molecule has 0 saturated heterocycles. The molecule has 1 heterocycles. The Morgan fingerprint density at radius 1 is 1.26 bits per heavy atom. The van der Waals surface area contributed by atoms with Crippen molar-refractivity contribution in [2.75, 3.05) is 0 Å². The molecule has 1 saturated carbocycles. The molecule has 0 amide bonds. The van der Waals surface area contributed by atoms with Crippen LogP contribution in [0.4, 0.5) is 0 Å². The fourth-order valence-corrected chi connectivity index (χ4v) is 3.76. The molecule has 0 unspecified atom stereocenters. The summed E-state index contributed by atoms with van der Waals surface area (Å²) < 4.78 is 27.3.